The topological polar surface area (TPSA) is 85.2 Å². The second kappa shape index (κ2) is 6.35. The summed E-state index contributed by atoms with van der Waals surface area (Å²) < 4.78 is 25.9. The van der Waals surface area contributed by atoms with Crippen LogP contribution in [-0.4, -0.2) is 52.0 Å². The van der Waals surface area contributed by atoms with Crippen LogP contribution < -0.4 is 0 Å². The summed E-state index contributed by atoms with van der Waals surface area (Å²) >= 11 is 0. The molecule has 1 saturated heterocycles. The molecule has 0 unspecified atom stereocenters. The standard InChI is InChI=1S/C16H20N4O3S/c1-3-19-10-13(9-17-19)15-11-24(22,23)8-7-20(15)16(21)14-6-4-5-12(2)18-14/h4-6,9-10,15H,3,7-8,11H2,1-2H3/t15-/m1/s1. The van der Waals surface area contributed by atoms with Crippen LogP contribution in [-0.2, 0) is 16.4 Å². The number of hydrogen-bond donors (Lipinski definition) is 0. The number of aromatic nitrogens is 3. The average molecular weight is 348 g/mol. The van der Waals surface area contributed by atoms with Crippen LogP contribution in [0.3, 0.4) is 0 Å². The SMILES string of the molecule is CCn1cc([C@H]2CS(=O)(=O)CCN2C(=O)c2cccc(C)n2)cn1. The number of pyridine rings is 1. The number of hydrogen-bond acceptors (Lipinski definition) is 5. The van der Waals surface area contributed by atoms with Gasteiger partial charge in [-0.15, -0.1) is 0 Å². The van der Waals surface area contributed by atoms with Crippen LogP contribution in [0.4, 0.5) is 0 Å². The second-order valence-electron chi connectivity index (χ2n) is 5.92. The van der Waals surface area contributed by atoms with Crippen molar-refractivity contribution in [3.8, 4) is 0 Å². The average Bonchev–Trinajstić information content (AvgIpc) is 3.02. The molecule has 1 fully saturated rings. The Kier molecular flexibility index (Phi) is 4.40. The van der Waals surface area contributed by atoms with E-state index < -0.39 is 15.9 Å². The Morgan fingerprint density at radius 1 is 1.38 bits per heavy atom. The van der Waals surface area contributed by atoms with Crippen molar-refractivity contribution in [2.24, 2.45) is 0 Å². The van der Waals surface area contributed by atoms with E-state index in [2.05, 4.69) is 10.1 Å². The minimum atomic E-state index is -3.19. The first kappa shape index (κ1) is 16.6. The fourth-order valence-electron chi connectivity index (χ4n) is 2.86. The van der Waals surface area contributed by atoms with Crippen molar-refractivity contribution in [1.82, 2.24) is 19.7 Å². The molecule has 24 heavy (non-hydrogen) atoms. The molecule has 2 aromatic rings. The van der Waals surface area contributed by atoms with E-state index in [1.54, 1.807) is 34.1 Å². The Morgan fingerprint density at radius 2 is 2.17 bits per heavy atom. The van der Waals surface area contributed by atoms with Gasteiger partial charge in [-0.2, -0.15) is 5.10 Å². The number of carbonyl (C=O) groups excluding carboxylic acids is 1. The normalized spacial score (nSPS) is 20.1. The monoisotopic (exact) mass is 348 g/mol. The summed E-state index contributed by atoms with van der Waals surface area (Å²) in [5, 5.41) is 4.21. The number of sulfone groups is 1. The van der Waals surface area contributed by atoms with E-state index in [1.807, 2.05) is 19.9 Å². The van der Waals surface area contributed by atoms with Gasteiger partial charge < -0.3 is 4.90 Å². The minimum Gasteiger partial charge on any atom is -0.328 e. The smallest absolute Gasteiger partial charge is 0.273 e. The van der Waals surface area contributed by atoms with Gasteiger partial charge in [-0.25, -0.2) is 13.4 Å². The first-order chi connectivity index (χ1) is 11.4. The van der Waals surface area contributed by atoms with Gasteiger partial charge in [0.1, 0.15) is 5.69 Å². The lowest BCUT2D eigenvalue weighted by molar-refractivity contribution is 0.0691. The molecule has 1 aliphatic rings. The summed E-state index contributed by atoms with van der Waals surface area (Å²) in [7, 11) is -3.19. The number of carbonyl (C=O) groups is 1. The van der Waals surface area contributed by atoms with Crippen molar-refractivity contribution in [2.75, 3.05) is 18.1 Å². The van der Waals surface area contributed by atoms with E-state index in [-0.39, 0.29) is 24.0 Å². The van der Waals surface area contributed by atoms with E-state index in [1.165, 1.54) is 0 Å². The zero-order valence-electron chi connectivity index (χ0n) is 13.7. The Bertz CT molecular complexity index is 860. The highest BCUT2D eigenvalue weighted by Gasteiger charge is 2.36. The molecule has 0 saturated carbocycles. The highest BCUT2D eigenvalue weighted by molar-refractivity contribution is 7.91. The van der Waals surface area contributed by atoms with Crippen molar-refractivity contribution in [3.63, 3.8) is 0 Å². The van der Waals surface area contributed by atoms with Crippen molar-refractivity contribution >= 4 is 15.7 Å². The molecule has 2 aromatic heterocycles. The van der Waals surface area contributed by atoms with E-state index in [0.29, 0.717) is 12.2 Å². The summed E-state index contributed by atoms with van der Waals surface area (Å²) in [6.45, 7) is 4.62. The maximum absolute atomic E-state index is 12.9. The van der Waals surface area contributed by atoms with Gasteiger partial charge >= 0.3 is 0 Å². The Hall–Kier alpha value is -2.22. The predicted molar refractivity (Wildman–Crippen MR) is 89.3 cm³/mol. The fraction of sp³-hybridized carbons (Fsp3) is 0.438. The summed E-state index contributed by atoms with van der Waals surface area (Å²) in [5.41, 5.74) is 1.82. The van der Waals surface area contributed by atoms with Crippen LogP contribution in [0.5, 0.6) is 0 Å². The zero-order chi connectivity index (χ0) is 17.3. The Morgan fingerprint density at radius 3 is 2.83 bits per heavy atom. The van der Waals surface area contributed by atoms with Gasteiger partial charge in [-0.1, -0.05) is 6.07 Å². The summed E-state index contributed by atoms with van der Waals surface area (Å²) in [4.78, 5) is 18.7. The van der Waals surface area contributed by atoms with E-state index in [9.17, 15) is 13.2 Å². The predicted octanol–water partition coefficient (Wildman–Crippen LogP) is 1.22. The summed E-state index contributed by atoms with van der Waals surface area (Å²) in [5.74, 6) is -0.356. The lowest BCUT2D eigenvalue weighted by atomic mass is 10.1. The highest BCUT2D eigenvalue weighted by Crippen LogP contribution is 2.28. The van der Waals surface area contributed by atoms with E-state index in [0.717, 1.165) is 11.3 Å². The molecule has 3 heterocycles. The summed E-state index contributed by atoms with van der Waals surface area (Å²) in [6, 6.07) is 4.73. The third kappa shape index (κ3) is 3.33. The number of nitrogens with zero attached hydrogens (tertiary/aromatic N) is 4. The first-order valence-electron chi connectivity index (χ1n) is 7.87. The second-order valence-corrected chi connectivity index (χ2v) is 8.15. The molecule has 8 heteroatoms. The molecule has 1 atom stereocenters. The molecule has 128 valence electrons. The summed E-state index contributed by atoms with van der Waals surface area (Å²) in [6.07, 6.45) is 3.44. The van der Waals surface area contributed by atoms with Gasteiger partial charge in [0.25, 0.3) is 5.91 Å². The third-order valence-corrected chi connectivity index (χ3v) is 5.79. The molecule has 0 bridgehead atoms. The molecule has 3 rings (SSSR count). The van der Waals surface area contributed by atoms with Crippen molar-refractivity contribution in [2.45, 2.75) is 26.4 Å². The maximum atomic E-state index is 12.9. The van der Waals surface area contributed by atoms with Gasteiger partial charge in [-0.05, 0) is 26.0 Å². The van der Waals surface area contributed by atoms with Gasteiger partial charge in [0.2, 0.25) is 0 Å². The van der Waals surface area contributed by atoms with Crippen LogP contribution in [0, 0.1) is 6.92 Å². The lowest BCUT2D eigenvalue weighted by Gasteiger charge is -2.34. The van der Waals surface area contributed by atoms with Crippen molar-refractivity contribution in [3.05, 3.63) is 47.5 Å². The van der Waals surface area contributed by atoms with Crippen LogP contribution in [0.1, 0.15) is 34.7 Å². The molecule has 0 spiro atoms. The quantitative estimate of drug-likeness (QED) is 0.832. The molecular formula is C16H20N4O3S. The van der Waals surface area contributed by atoms with Crippen LogP contribution in [0.25, 0.3) is 0 Å². The van der Waals surface area contributed by atoms with Crippen molar-refractivity contribution in [1.29, 1.82) is 0 Å². The number of amides is 1. The molecule has 0 radical (unpaired) electrons. The van der Waals surface area contributed by atoms with Gasteiger partial charge in [0.05, 0.1) is 23.7 Å². The molecule has 7 nitrogen and oxygen atoms in total. The van der Waals surface area contributed by atoms with Gasteiger partial charge in [0.15, 0.2) is 9.84 Å². The zero-order valence-corrected chi connectivity index (χ0v) is 14.5. The van der Waals surface area contributed by atoms with Crippen molar-refractivity contribution < 1.29 is 13.2 Å². The number of rotatable bonds is 3. The van der Waals surface area contributed by atoms with E-state index >= 15 is 0 Å². The largest absolute Gasteiger partial charge is 0.328 e. The van der Waals surface area contributed by atoms with Gasteiger partial charge in [-0.3, -0.25) is 9.48 Å². The fourth-order valence-corrected chi connectivity index (χ4v) is 4.36. The molecule has 0 N–H and O–H groups in total. The lowest BCUT2D eigenvalue weighted by Crippen LogP contribution is -2.46. The highest BCUT2D eigenvalue weighted by atomic mass is 32.2. The number of aryl methyl sites for hydroxylation is 2. The van der Waals surface area contributed by atoms with Crippen LogP contribution in [0.15, 0.2) is 30.6 Å². The molecular weight excluding hydrogens is 328 g/mol. The molecule has 0 aliphatic carbocycles. The molecule has 0 aromatic carbocycles. The third-order valence-electron chi connectivity index (χ3n) is 4.16. The van der Waals surface area contributed by atoms with E-state index in [4.69, 9.17) is 0 Å². The van der Waals surface area contributed by atoms with Gasteiger partial charge in [0, 0.05) is 30.5 Å². The molecule has 1 amide bonds. The Labute approximate surface area is 141 Å². The minimum absolute atomic E-state index is 0.0248. The maximum Gasteiger partial charge on any atom is 0.273 e. The Balaban J connectivity index is 1.96. The first-order valence-corrected chi connectivity index (χ1v) is 9.69. The van der Waals surface area contributed by atoms with Crippen LogP contribution >= 0.6 is 0 Å². The molecule has 1 aliphatic heterocycles. The van der Waals surface area contributed by atoms with Crippen LogP contribution in [0.2, 0.25) is 0 Å².